The van der Waals surface area contributed by atoms with Gasteiger partial charge in [0.15, 0.2) is 0 Å². The Morgan fingerprint density at radius 2 is 1.97 bits per heavy atom. The minimum Gasteiger partial charge on any atom is -0.508 e. The summed E-state index contributed by atoms with van der Waals surface area (Å²) in [5.74, 6) is -1.79. The minimum atomic E-state index is -0.822. The van der Waals surface area contributed by atoms with Crippen LogP contribution in [0.2, 0.25) is 5.02 Å². The fraction of sp³-hybridized carbons (Fsp3) is 0.556. The molecule has 1 fully saturated rings. The van der Waals surface area contributed by atoms with Crippen molar-refractivity contribution in [1.82, 2.24) is 4.90 Å². The molecular formula is C27H36ClNO5. The number of hydrogen-bond donors (Lipinski definition) is 3. The fourth-order valence-corrected chi connectivity index (χ4v) is 5.67. The first-order valence-corrected chi connectivity index (χ1v) is 12.5. The van der Waals surface area contributed by atoms with Crippen LogP contribution in [-0.4, -0.2) is 51.3 Å². The van der Waals surface area contributed by atoms with Crippen molar-refractivity contribution in [3.05, 3.63) is 45.5 Å². The smallest absolute Gasteiger partial charge is 0.233 e. The number of allylic oxidation sites excluding steroid dienone is 2. The van der Waals surface area contributed by atoms with Gasteiger partial charge in [-0.1, -0.05) is 49.6 Å². The van der Waals surface area contributed by atoms with E-state index in [-0.39, 0.29) is 30.1 Å². The van der Waals surface area contributed by atoms with Gasteiger partial charge in [-0.25, -0.2) is 0 Å². The van der Waals surface area contributed by atoms with Crippen molar-refractivity contribution in [2.45, 2.75) is 59.5 Å². The molecule has 0 spiro atoms. The van der Waals surface area contributed by atoms with Crippen LogP contribution in [0.15, 0.2) is 34.9 Å². The molecule has 0 radical (unpaired) electrons. The zero-order valence-electron chi connectivity index (χ0n) is 20.4. The Balaban J connectivity index is 1.84. The first kappa shape index (κ1) is 26.5. The number of imide groups is 1. The van der Waals surface area contributed by atoms with Crippen LogP contribution in [0.1, 0.15) is 58.9 Å². The third-order valence-corrected chi connectivity index (χ3v) is 7.44. The summed E-state index contributed by atoms with van der Waals surface area (Å²) < 4.78 is 0. The second-order valence-corrected chi connectivity index (χ2v) is 10.2. The summed E-state index contributed by atoms with van der Waals surface area (Å²) in [5.41, 5.74) is 3.51. The second-order valence-electron chi connectivity index (χ2n) is 9.84. The number of aliphatic hydroxyl groups excluding tert-OH is 2. The number of carbonyl (C=O) groups excluding carboxylic acids is 2. The molecule has 1 saturated heterocycles. The van der Waals surface area contributed by atoms with E-state index < -0.39 is 23.9 Å². The molecule has 2 amide bonds. The van der Waals surface area contributed by atoms with Crippen molar-refractivity contribution in [2.75, 3.05) is 13.2 Å². The van der Waals surface area contributed by atoms with Gasteiger partial charge in [0.25, 0.3) is 0 Å². The molecule has 1 aliphatic carbocycles. The zero-order valence-corrected chi connectivity index (χ0v) is 21.2. The van der Waals surface area contributed by atoms with Crippen LogP contribution in [0.3, 0.4) is 0 Å². The van der Waals surface area contributed by atoms with Crippen LogP contribution in [0, 0.1) is 23.7 Å². The Morgan fingerprint density at radius 1 is 1.26 bits per heavy atom. The Morgan fingerprint density at radius 3 is 2.56 bits per heavy atom. The van der Waals surface area contributed by atoms with E-state index in [1.807, 2.05) is 33.8 Å². The highest BCUT2D eigenvalue weighted by Gasteiger charge is 2.54. The molecule has 1 aromatic rings. The third kappa shape index (κ3) is 5.24. The van der Waals surface area contributed by atoms with Crippen molar-refractivity contribution < 1.29 is 24.9 Å². The van der Waals surface area contributed by atoms with E-state index in [1.54, 1.807) is 12.1 Å². The van der Waals surface area contributed by atoms with Gasteiger partial charge in [-0.2, -0.15) is 0 Å². The fourth-order valence-electron chi connectivity index (χ4n) is 5.44. The lowest BCUT2D eigenvalue weighted by atomic mass is 9.66. The summed E-state index contributed by atoms with van der Waals surface area (Å²) in [6, 6.07) is 4.80. The SMILES string of the molecule is CCCN1C(=O)[C@@H]2[C@@H](CC(C(C)C)=C([C@H](O)CC/C(C)=C/c3ccc(O)cc3Cl)[C@@H]2CO)C1=O. The molecule has 1 aliphatic heterocycles. The Hall–Kier alpha value is -2.15. The number of amides is 2. The summed E-state index contributed by atoms with van der Waals surface area (Å²) in [5, 5.41) is 31.6. The monoisotopic (exact) mass is 489 g/mol. The molecule has 6 nitrogen and oxygen atoms in total. The van der Waals surface area contributed by atoms with E-state index in [0.29, 0.717) is 37.3 Å². The number of phenolic OH excluding ortho intramolecular Hbond substituents is 1. The Bertz CT molecular complexity index is 999. The molecule has 7 heteroatoms. The van der Waals surface area contributed by atoms with E-state index in [4.69, 9.17) is 11.6 Å². The van der Waals surface area contributed by atoms with Crippen LogP contribution in [0.5, 0.6) is 5.75 Å². The summed E-state index contributed by atoms with van der Waals surface area (Å²) in [4.78, 5) is 27.5. The molecule has 0 saturated carbocycles. The van der Waals surface area contributed by atoms with Crippen LogP contribution in [-0.2, 0) is 9.59 Å². The lowest BCUT2D eigenvalue weighted by molar-refractivity contribution is -0.140. The number of hydrogen-bond acceptors (Lipinski definition) is 5. The van der Waals surface area contributed by atoms with E-state index in [1.165, 1.54) is 11.0 Å². The predicted molar refractivity (Wildman–Crippen MR) is 133 cm³/mol. The molecule has 3 rings (SSSR count). The highest BCUT2D eigenvalue weighted by atomic mass is 35.5. The number of fused-ring (bicyclic) bond motifs is 1. The van der Waals surface area contributed by atoms with E-state index in [2.05, 4.69) is 0 Å². The van der Waals surface area contributed by atoms with Gasteiger partial charge in [0.2, 0.25) is 11.8 Å². The molecule has 34 heavy (non-hydrogen) atoms. The number of likely N-dealkylation sites (tertiary alicyclic amines) is 1. The number of aromatic hydroxyl groups is 1. The summed E-state index contributed by atoms with van der Waals surface area (Å²) in [6.07, 6.45) is 3.27. The Labute approximate surface area is 206 Å². The third-order valence-electron chi connectivity index (χ3n) is 7.11. The molecule has 186 valence electrons. The van der Waals surface area contributed by atoms with Gasteiger partial charge in [-0.15, -0.1) is 0 Å². The largest absolute Gasteiger partial charge is 0.508 e. The van der Waals surface area contributed by atoms with Crippen molar-refractivity contribution >= 4 is 29.5 Å². The van der Waals surface area contributed by atoms with Crippen LogP contribution in [0.25, 0.3) is 6.08 Å². The maximum absolute atomic E-state index is 13.1. The first-order chi connectivity index (χ1) is 16.1. The van der Waals surface area contributed by atoms with Crippen LogP contribution < -0.4 is 0 Å². The average molecular weight is 490 g/mol. The molecular weight excluding hydrogens is 454 g/mol. The molecule has 0 unspecified atom stereocenters. The van der Waals surface area contributed by atoms with Crippen molar-refractivity contribution in [3.8, 4) is 5.75 Å². The quantitative estimate of drug-likeness (QED) is 0.349. The molecule has 4 atom stereocenters. The standard InChI is InChI=1S/C27H36ClNO5/c1-5-10-29-26(33)20-13-19(15(2)3)24(21(14-30)25(20)27(29)34)23(32)9-6-16(4)11-17-7-8-18(31)12-22(17)28/h7-8,11-12,15,20-21,23,25,30-32H,5-6,9-10,13-14H2,1-4H3/b16-11+/t20-,21+,23-,25-/m1/s1. The molecule has 0 bridgehead atoms. The average Bonchev–Trinajstić information content (AvgIpc) is 3.03. The first-order valence-electron chi connectivity index (χ1n) is 12.1. The van der Waals surface area contributed by atoms with Crippen molar-refractivity contribution in [2.24, 2.45) is 23.7 Å². The van der Waals surface area contributed by atoms with Crippen molar-refractivity contribution in [1.29, 1.82) is 0 Å². The highest BCUT2D eigenvalue weighted by Crippen LogP contribution is 2.48. The zero-order chi connectivity index (χ0) is 25.2. The molecule has 1 aromatic carbocycles. The highest BCUT2D eigenvalue weighted by molar-refractivity contribution is 6.32. The number of nitrogens with zero attached hydrogens (tertiary/aromatic N) is 1. The van der Waals surface area contributed by atoms with E-state index in [9.17, 15) is 24.9 Å². The number of carbonyl (C=O) groups is 2. The number of benzene rings is 1. The number of rotatable bonds is 9. The predicted octanol–water partition coefficient (Wildman–Crippen LogP) is 4.57. The number of phenols is 1. The van der Waals surface area contributed by atoms with Gasteiger partial charge in [-0.3, -0.25) is 14.5 Å². The molecule has 1 heterocycles. The summed E-state index contributed by atoms with van der Waals surface area (Å²) >= 11 is 6.21. The maximum Gasteiger partial charge on any atom is 0.233 e. The maximum atomic E-state index is 13.1. The van der Waals surface area contributed by atoms with Crippen LogP contribution >= 0.6 is 11.6 Å². The summed E-state index contributed by atoms with van der Waals surface area (Å²) in [7, 11) is 0. The normalized spacial score (nSPS) is 24.3. The topological polar surface area (TPSA) is 98.1 Å². The molecule has 0 aromatic heterocycles. The van der Waals surface area contributed by atoms with Gasteiger partial charge in [0, 0.05) is 12.5 Å². The van der Waals surface area contributed by atoms with Crippen molar-refractivity contribution in [3.63, 3.8) is 0 Å². The second kappa shape index (κ2) is 11.1. The van der Waals surface area contributed by atoms with E-state index in [0.717, 1.165) is 22.3 Å². The summed E-state index contributed by atoms with van der Waals surface area (Å²) in [6.45, 7) is 8.05. The minimum absolute atomic E-state index is 0.0928. The van der Waals surface area contributed by atoms with Gasteiger partial charge < -0.3 is 15.3 Å². The van der Waals surface area contributed by atoms with Crippen LogP contribution in [0.4, 0.5) is 0 Å². The van der Waals surface area contributed by atoms with E-state index >= 15 is 0 Å². The van der Waals surface area contributed by atoms with Gasteiger partial charge in [0.05, 0.1) is 29.6 Å². The Kier molecular flexibility index (Phi) is 8.61. The molecule has 3 N–H and O–H groups in total. The number of halogens is 1. The van der Waals surface area contributed by atoms with Gasteiger partial charge in [0.1, 0.15) is 5.75 Å². The van der Waals surface area contributed by atoms with Gasteiger partial charge >= 0.3 is 0 Å². The number of aliphatic hydroxyl groups is 2. The van der Waals surface area contributed by atoms with Gasteiger partial charge in [-0.05, 0) is 67.9 Å². The lowest BCUT2D eigenvalue weighted by Gasteiger charge is -2.38. The molecule has 2 aliphatic rings. The lowest BCUT2D eigenvalue weighted by Crippen LogP contribution is -2.39.